The van der Waals surface area contributed by atoms with E-state index in [4.69, 9.17) is 4.74 Å². The Balaban J connectivity index is 1.86. The van der Waals surface area contributed by atoms with Gasteiger partial charge in [-0.15, -0.1) is 11.3 Å². The Hall–Kier alpha value is -1.73. The van der Waals surface area contributed by atoms with E-state index in [-0.39, 0.29) is 12.5 Å². The van der Waals surface area contributed by atoms with Crippen molar-refractivity contribution in [2.45, 2.75) is 13.5 Å². The maximum atomic E-state index is 12.0. The molecule has 0 radical (unpaired) electrons. The number of carbonyl (C=O) groups excluding carboxylic acids is 2. The largest absolute Gasteiger partial charge is 0.451 e. The van der Waals surface area contributed by atoms with Crippen molar-refractivity contribution in [3.05, 3.63) is 50.4 Å². The molecule has 0 spiro atoms. The number of hydrogen-bond donors (Lipinski definition) is 0. The van der Waals surface area contributed by atoms with Crippen molar-refractivity contribution in [2.24, 2.45) is 0 Å². The van der Waals surface area contributed by atoms with Gasteiger partial charge in [-0.1, -0.05) is 34.1 Å². The fraction of sp³-hybridized carbons (Fsp3) is 0.267. The topological polar surface area (TPSA) is 59.5 Å². The molecular formula is C15H15BrN2O3S. The van der Waals surface area contributed by atoms with Crippen LogP contribution in [0.5, 0.6) is 0 Å². The van der Waals surface area contributed by atoms with Gasteiger partial charge in [0.2, 0.25) is 0 Å². The van der Waals surface area contributed by atoms with Crippen LogP contribution in [0, 0.1) is 6.92 Å². The van der Waals surface area contributed by atoms with Crippen molar-refractivity contribution in [3.63, 3.8) is 0 Å². The molecule has 1 aromatic heterocycles. The zero-order valence-electron chi connectivity index (χ0n) is 12.2. The van der Waals surface area contributed by atoms with Crippen LogP contribution in [0.25, 0.3) is 0 Å². The van der Waals surface area contributed by atoms with E-state index in [0.29, 0.717) is 11.4 Å². The molecule has 0 saturated heterocycles. The van der Waals surface area contributed by atoms with Gasteiger partial charge >= 0.3 is 5.97 Å². The summed E-state index contributed by atoms with van der Waals surface area (Å²) in [5.74, 6) is -0.779. The van der Waals surface area contributed by atoms with Gasteiger partial charge in [0.1, 0.15) is 4.88 Å². The molecule has 0 unspecified atom stereocenters. The average molecular weight is 383 g/mol. The molecule has 0 atom stereocenters. The summed E-state index contributed by atoms with van der Waals surface area (Å²) >= 11 is 4.68. The second-order valence-corrected chi connectivity index (χ2v) is 6.75. The number of carbonyl (C=O) groups is 2. The Kier molecular flexibility index (Phi) is 5.68. The summed E-state index contributed by atoms with van der Waals surface area (Å²) in [4.78, 5) is 29.7. The second kappa shape index (κ2) is 7.51. The van der Waals surface area contributed by atoms with Gasteiger partial charge in [0.15, 0.2) is 6.61 Å². The summed E-state index contributed by atoms with van der Waals surface area (Å²) in [5, 5.41) is 0.782. The minimum atomic E-state index is -0.520. The summed E-state index contributed by atoms with van der Waals surface area (Å²) in [6.07, 6.45) is 1.46. The highest BCUT2D eigenvalue weighted by molar-refractivity contribution is 9.10. The maximum absolute atomic E-state index is 12.0. The van der Waals surface area contributed by atoms with Crippen molar-refractivity contribution < 1.29 is 14.3 Å². The number of amides is 1. The fourth-order valence-corrected chi connectivity index (χ4v) is 2.82. The van der Waals surface area contributed by atoms with Gasteiger partial charge in [0.05, 0.1) is 11.2 Å². The number of nitrogens with zero attached hydrogens (tertiary/aromatic N) is 2. The second-order valence-electron chi connectivity index (χ2n) is 4.66. The monoisotopic (exact) mass is 382 g/mol. The molecule has 1 amide bonds. The number of halogens is 1. The van der Waals surface area contributed by atoms with E-state index in [1.807, 2.05) is 24.3 Å². The molecule has 0 N–H and O–H groups in total. The lowest BCUT2D eigenvalue weighted by atomic mass is 10.2. The molecule has 1 heterocycles. The van der Waals surface area contributed by atoms with Gasteiger partial charge in [0, 0.05) is 18.1 Å². The number of aromatic nitrogens is 1. The van der Waals surface area contributed by atoms with E-state index in [9.17, 15) is 9.59 Å². The van der Waals surface area contributed by atoms with Gasteiger partial charge in [-0.3, -0.25) is 4.79 Å². The normalized spacial score (nSPS) is 10.3. The molecule has 5 nitrogen and oxygen atoms in total. The van der Waals surface area contributed by atoms with Crippen LogP contribution in [-0.4, -0.2) is 35.4 Å². The number of likely N-dealkylation sites (N-methyl/N-ethyl adjacent to an activating group) is 1. The van der Waals surface area contributed by atoms with Crippen molar-refractivity contribution in [3.8, 4) is 0 Å². The lowest BCUT2D eigenvalue weighted by Gasteiger charge is -2.17. The minimum Gasteiger partial charge on any atom is -0.451 e. The number of thiazole rings is 1. The summed E-state index contributed by atoms with van der Waals surface area (Å²) in [7, 11) is 1.67. The Labute approximate surface area is 141 Å². The summed E-state index contributed by atoms with van der Waals surface area (Å²) < 4.78 is 5.96. The molecule has 1 aromatic carbocycles. The van der Waals surface area contributed by atoms with Gasteiger partial charge < -0.3 is 9.64 Å². The van der Waals surface area contributed by atoms with Crippen molar-refractivity contribution in [1.29, 1.82) is 0 Å². The van der Waals surface area contributed by atoms with E-state index < -0.39 is 5.97 Å². The molecule has 116 valence electrons. The fourth-order valence-electron chi connectivity index (χ4n) is 1.73. The first kappa shape index (κ1) is 16.6. The van der Waals surface area contributed by atoms with E-state index in [2.05, 4.69) is 20.9 Å². The number of benzene rings is 1. The van der Waals surface area contributed by atoms with Gasteiger partial charge in [-0.05, 0) is 18.6 Å². The molecule has 2 rings (SSSR count). The van der Waals surface area contributed by atoms with Crippen molar-refractivity contribution >= 4 is 39.1 Å². The van der Waals surface area contributed by atoms with Gasteiger partial charge in [-0.2, -0.15) is 0 Å². The van der Waals surface area contributed by atoms with Crippen LogP contribution in [0.3, 0.4) is 0 Å². The zero-order chi connectivity index (χ0) is 16.1. The Morgan fingerprint density at radius 3 is 2.73 bits per heavy atom. The predicted molar refractivity (Wildman–Crippen MR) is 87.7 cm³/mol. The van der Waals surface area contributed by atoms with Crippen LogP contribution >= 0.6 is 27.3 Å². The third kappa shape index (κ3) is 4.38. The third-order valence-electron chi connectivity index (χ3n) is 2.94. The van der Waals surface area contributed by atoms with Gasteiger partial charge in [0.25, 0.3) is 5.91 Å². The van der Waals surface area contributed by atoms with Crippen LogP contribution in [0.2, 0.25) is 0 Å². The summed E-state index contributed by atoms with van der Waals surface area (Å²) in [6, 6.07) is 7.67. The maximum Gasteiger partial charge on any atom is 0.350 e. The molecule has 2 aromatic rings. The third-order valence-corrected chi connectivity index (χ3v) is 4.61. The number of aryl methyl sites for hydroxylation is 1. The summed E-state index contributed by atoms with van der Waals surface area (Å²) in [5.41, 5.74) is 0.989. The molecule has 0 aliphatic carbocycles. The molecule has 7 heteroatoms. The van der Waals surface area contributed by atoms with E-state index >= 15 is 0 Å². The molecular weight excluding hydrogens is 368 g/mol. The van der Waals surface area contributed by atoms with Crippen LogP contribution in [0.15, 0.2) is 34.9 Å². The van der Waals surface area contributed by atoms with Crippen LogP contribution < -0.4 is 0 Å². The number of rotatable bonds is 5. The Bertz CT molecular complexity index is 687. The van der Waals surface area contributed by atoms with Crippen LogP contribution in [0.1, 0.15) is 20.2 Å². The quantitative estimate of drug-likeness (QED) is 0.745. The highest BCUT2D eigenvalue weighted by atomic mass is 79.9. The number of ether oxygens (including phenoxy) is 1. The standard InChI is InChI=1S/C15H15BrN2O3S/c1-10-17-7-13(22-10)15(20)21-9-14(19)18(2)8-11-5-3-4-6-12(11)16/h3-7H,8-9H2,1-2H3. The SMILES string of the molecule is Cc1ncc(C(=O)OCC(=O)N(C)Cc2ccccc2Br)s1. The summed E-state index contributed by atoms with van der Waals surface area (Å²) in [6.45, 7) is 1.96. The van der Waals surface area contributed by atoms with E-state index in [0.717, 1.165) is 15.0 Å². The number of hydrogen-bond acceptors (Lipinski definition) is 5. The lowest BCUT2D eigenvalue weighted by molar-refractivity contribution is -0.133. The van der Waals surface area contributed by atoms with Crippen molar-refractivity contribution in [2.75, 3.05) is 13.7 Å². The van der Waals surface area contributed by atoms with E-state index in [1.165, 1.54) is 22.4 Å². The molecule has 0 saturated carbocycles. The highest BCUT2D eigenvalue weighted by Crippen LogP contribution is 2.17. The molecule has 22 heavy (non-hydrogen) atoms. The zero-order valence-corrected chi connectivity index (χ0v) is 14.6. The van der Waals surface area contributed by atoms with Crippen LogP contribution in [0.4, 0.5) is 0 Å². The predicted octanol–water partition coefficient (Wildman–Crippen LogP) is 3.03. The molecule has 0 bridgehead atoms. The van der Waals surface area contributed by atoms with Gasteiger partial charge in [-0.25, -0.2) is 9.78 Å². The Morgan fingerprint density at radius 1 is 1.36 bits per heavy atom. The first-order valence-electron chi connectivity index (χ1n) is 6.54. The minimum absolute atomic E-state index is 0.259. The molecule has 0 aliphatic heterocycles. The Morgan fingerprint density at radius 2 is 2.09 bits per heavy atom. The van der Waals surface area contributed by atoms with E-state index in [1.54, 1.807) is 14.0 Å². The first-order chi connectivity index (χ1) is 10.5. The van der Waals surface area contributed by atoms with Crippen molar-refractivity contribution in [1.82, 2.24) is 9.88 Å². The highest BCUT2D eigenvalue weighted by Gasteiger charge is 2.16. The number of esters is 1. The first-order valence-corrected chi connectivity index (χ1v) is 8.15. The molecule has 0 fully saturated rings. The lowest BCUT2D eigenvalue weighted by Crippen LogP contribution is -2.30. The smallest absolute Gasteiger partial charge is 0.350 e. The van der Waals surface area contributed by atoms with Crippen LogP contribution in [-0.2, 0) is 16.1 Å². The molecule has 0 aliphatic rings. The average Bonchev–Trinajstić information content (AvgIpc) is 2.93.